The molecule has 0 saturated carbocycles. The van der Waals surface area contributed by atoms with Gasteiger partial charge in [-0.05, 0) is 12.5 Å². The van der Waals surface area contributed by atoms with Crippen LogP contribution in [0.2, 0.25) is 0 Å². The Morgan fingerprint density at radius 1 is 1.44 bits per heavy atom. The molecule has 1 heterocycles. The number of ether oxygens (including phenoxy) is 1. The predicted molar refractivity (Wildman–Crippen MR) is 58.8 cm³/mol. The van der Waals surface area contributed by atoms with Crippen molar-refractivity contribution < 1.29 is 17.9 Å². The molecule has 0 spiro atoms. The lowest BCUT2D eigenvalue weighted by Crippen LogP contribution is -2.21. The Labute approximate surface area is 103 Å². The molecule has 5 nitrogen and oxygen atoms in total. The van der Waals surface area contributed by atoms with Crippen LogP contribution < -0.4 is 5.73 Å². The van der Waals surface area contributed by atoms with Gasteiger partial charge in [0.15, 0.2) is 5.69 Å². The normalized spacial score (nSPS) is 13.9. The van der Waals surface area contributed by atoms with Gasteiger partial charge in [-0.1, -0.05) is 12.1 Å². The van der Waals surface area contributed by atoms with E-state index < -0.39 is 11.9 Å². The van der Waals surface area contributed by atoms with Gasteiger partial charge in [0.2, 0.25) is 0 Å². The fourth-order valence-corrected chi connectivity index (χ4v) is 1.72. The molecule has 0 aliphatic carbocycles. The number of aromatic nitrogens is 3. The summed E-state index contributed by atoms with van der Waals surface area (Å²) in [6.07, 6.45) is -4.41. The van der Waals surface area contributed by atoms with Crippen LogP contribution in [-0.2, 0) is 23.9 Å². The van der Waals surface area contributed by atoms with Crippen molar-refractivity contribution in [1.82, 2.24) is 15.0 Å². The smallest absolute Gasteiger partial charge is 0.384 e. The van der Waals surface area contributed by atoms with Crippen LogP contribution in [0.1, 0.15) is 18.3 Å². The van der Waals surface area contributed by atoms with Gasteiger partial charge in [-0.3, -0.25) is 0 Å². The lowest BCUT2D eigenvalue weighted by molar-refractivity contribution is -0.145. The molecule has 104 valence electrons. The summed E-state index contributed by atoms with van der Waals surface area (Å²) in [6, 6.07) is 0. The molecule has 2 N–H and O–H groups in total. The van der Waals surface area contributed by atoms with E-state index in [0.717, 1.165) is 4.68 Å². The number of halogens is 3. The third-order valence-electron chi connectivity index (χ3n) is 2.39. The molecule has 0 radical (unpaired) electrons. The Kier molecular flexibility index (Phi) is 5.09. The monoisotopic (exact) mass is 266 g/mol. The summed E-state index contributed by atoms with van der Waals surface area (Å²) in [5.41, 5.74) is 4.35. The number of hydrogen-bond donors (Lipinski definition) is 1. The van der Waals surface area contributed by atoms with Crippen molar-refractivity contribution in [3.05, 3.63) is 11.4 Å². The Morgan fingerprint density at radius 3 is 2.61 bits per heavy atom. The third-order valence-corrected chi connectivity index (χ3v) is 2.39. The Bertz CT molecular complexity index is 378. The van der Waals surface area contributed by atoms with Gasteiger partial charge in [-0.25, -0.2) is 4.68 Å². The quantitative estimate of drug-likeness (QED) is 0.836. The molecule has 0 bridgehead atoms. The van der Waals surface area contributed by atoms with Gasteiger partial charge in [0.05, 0.1) is 12.3 Å². The fourth-order valence-electron chi connectivity index (χ4n) is 1.72. The van der Waals surface area contributed by atoms with E-state index in [1.807, 2.05) is 0 Å². The highest BCUT2D eigenvalue weighted by atomic mass is 19.4. The molecule has 0 saturated heterocycles. The van der Waals surface area contributed by atoms with Crippen molar-refractivity contribution in [3.63, 3.8) is 0 Å². The van der Waals surface area contributed by atoms with Crippen LogP contribution in [-0.4, -0.2) is 35.3 Å². The van der Waals surface area contributed by atoms with E-state index in [4.69, 9.17) is 10.5 Å². The standard InChI is InChI=1S/C10H17F3N4O/c1-7(6-18-2)5-17-9(10(11,12)13)8(3-4-14)15-16-17/h7H,3-6,14H2,1-2H3. The van der Waals surface area contributed by atoms with Gasteiger partial charge < -0.3 is 10.5 Å². The number of nitrogens with two attached hydrogens (primary N) is 1. The van der Waals surface area contributed by atoms with Crippen LogP contribution in [0.5, 0.6) is 0 Å². The minimum absolute atomic E-state index is 0.0630. The van der Waals surface area contributed by atoms with E-state index in [0.29, 0.717) is 6.61 Å². The Morgan fingerprint density at radius 2 is 2.11 bits per heavy atom. The van der Waals surface area contributed by atoms with Crippen molar-refractivity contribution in [3.8, 4) is 0 Å². The third kappa shape index (κ3) is 3.67. The lowest BCUT2D eigenvalue weighted by Gasteiger charge is -2.14. The summed E-state index contributed by atoms with van der Waals surface area (Å²) >= 11 is 0. The molecule has 0 aliphatic rings. The van der Waals surface area contributed by atoms with Crippen LogP contribution in [0.15, 0.2) is 0 Å². The molecule has 1 atom stereocenters. The van der Waals surface area contributed by atoms with Crippen molar-refractivity contribution in [2.24, 2.45) is 11.7 Å². The van der Waals surface area contributed by atoms with Crippen LogP contribution in [0.3, 0.4) is 0 Å². The first-order valence-electron chi connectivity index (χ1n) is 5.58. The average Bonchev–Trinajstić information content (AvgIpc) is 2.61. The van der Waals surface area contributed by atoms with E-state index in [1.165, 1.54) is 7.11 Å². The zero-order valence-electron chi connectivity index (χ0n) is 10.4. The molecule has 0 aliphatic heterocycles. The zero-order chi connectivity index (χ0) is 13.8. The topological polar surface area (TPSA) is 66.0 Å². The lowest BCUT2D eigenvalue weighted by atomic mass is 10.2. The second-order valence-corrected chi connectivity index (χ2v) is 4.16. The Balaban J connectivity index is 2.97. The molecule has 1 aromatic rings. The SMILES string of the molecule is COCC(C)Cn1nnc(CCN)c1C(F)(F)F. The summed E-state index contributed by atoms with van der Waals surface area (Å²) in [5, 5.41) is 7.12. The number of methoxy groups -OCH3 is 1. The second kappa shape index (κ2) is 6.14. The molecule has 8 heteroatoms. The number of alkyl halides is 3. The van der Waals surface area contributed by atoms with E-state index in [-0.39, 0.29) is 31.1 Å². The molecule has 0 fully saturated rings. The molecule has 0 aromatic carbocycles. The summed E-state index contributed by atoms with van der Waals surface area (Å²) in [7, 11) is 1.50. The van der Waals surface area contributed by atoms with Gasteiger partial charge in [0.25, 0.3) is 0 Å². The van der Waals surface area contributed by atoms with Crippen LogP contribution in [0.4, 0.5) is 13.2 Å². The highest BCUT2D eigenvalue weighted by Gasteiger charge is 2.39. The molecule has 1 unspecified atom stereocenters. The first-order valence-corrected chi connectivity index (χ1v) is 5.58. The highest BCUT2D eigenvalue weighted by Crippen LogP contribution is 2.31. The average molecular weight is 266 g/mol. The van der Waals surface area contributed by atoms with Gasteiger partial charge in [-0.15, -0.1) is 5.10 Å². The first-order chi connectivity index (χ1) is 8.40. The van der Waals surface area contributed by atoms with Crippen LogP contribution in [0.25, 0.3) is 0 Å². The van der Waals surface area contributed by atoms with Gasteiger partial charge in [0.1, 0.15) is 0 Å². The summed E-state index contributed by atoms with van der Waals surface area (Å²) in [5.74, 6) is -0.0801. The number of hydrogen-bond acceptors (Lipinski definition) is 4. The van der Waals surface area contributed by atoms with Crippen molar-refractivity contribution in [2.45, 2.75) is 26.1 Å². The maximum absolute atomic E-state index is 12.9. The van der Waals surface area contributed by atoms with Crippen LogP contribution >= 0.6 is 0 Å². The minimum atomic E-state index is -4.47. The van der Waals surface area contributed by atoms with Gasteiger partial charge in [-0.2, -0.15) is 13.2 Å². The molecule has 0 amide bonds. The van der Waals surface area contributed by atoms with Crippen molar-refractivity contribution in [2.75, 3.05) is 20.3 Å². The van der Waals surface area contributed by atoms with E-state index in [2.05, 4.69) is 10.3 Å². The molecule has 1 aromatic heterocycles. The van der Waals surface area contributed by atoms with E-state index in [1.54, 1.807) is 6.92 Å². The van der Waals surface area contributed by atoms with Crippen molar-refractivity contribution in [1.29, 1.82) is 0 Å². The van der Waals surface area contributed by atoms with Gasteiger partial charge in [0, 0.05) is 20.1 Å². The highest BCUT2D eigenvalue weighted by molar-refractivity contribution is 5.14. The number of nitrogens with zero attached hydrogens (tertiary/aromatic N) is 3. The largest absolute Gasteiger partial charge is 0.434 e. The molecular formula is C10H17F3N4O. The number of rotatable bonds is 6. The van der Waals surface area contributed by atoms with Gasteiger partial charge >= 0.3 is 6.18 Å². The molecule has 18 heavy (non-hydrogen) atoms. The van der Waals surface area contributed by atoms with E-state index >= 15 is 0 Å². The first kappa shape index (κ1) is 14.9. The maximum atomic E-state index is 12.9. The van der Waals surface area contributed by atoms with E-state index in [9.17, 15) is 13.2 Å². The fraction of sp³-hybridized carbons (Fsp3) is 0.800. The minimum Gasteiger partial charge on any atom is -0.384 e. The van der Waals surface area contributed by atoms with Crippen LogP contribution in [0, 0.1) is 5.92 Å². The molecule has 1 rings (SSSR count). The second-order valence-electron chi connectivity index (χ2n) is 4.16. The zero-order valence-corrected chi connectivity index (χ0v) is 10.4. The van der Waals surface area contributed by atoms with Crippen molar-refractivity contribution >= 4 is 0 Å². The summed E-state index contributed by atoms with van der Waals surface area (Å²) in [6.45, 7) is 2.37. The maximum Gasteiger partial charge on any atom is 0.434 e. The summed E-state index contributed by atoms with van der Waals surface area (Å²) < 4.78 is 44.6. The molecular weight excluding hydrogens is 249 g/mol. The Hall–Kier alpha value is -1.15. The predicted octanol–water partition coefficient (Wildman–Crippen LogP) is 1.08. The summed E-state index contributed by atoms with van der Waals surface area (Å²) in [4.78, 5) is 0.